The molecule has 1 aliphatic rings. The highest BCUT2D eigenvalue weighted by molar-refractivity contribution is 8.00. The van der Waals surface area contributed by atoms with Crippen LogP contribution < -0.4 is 14.4 Å². The average Bonchev–Trinajstić information content (AvgIpc) is 2.88. The van der Waals surface area contributed by atoms with Gasteiger partial charge in [0.1, 0.15) is 6.61 Å². The molecule has 0 fully saturated rings. The van der Waals surface area contributed by atoms with Crippen LogP contribution in [0.25, 0.3) is 0 Å². The van der Waals surface area contributed by atoms with Gasteiger partial charge < -0.3 is 19.1 Å². The van der Waals surface area contributed by atoms with Crippen LogP contribution in [0, 0.1) is 0 Å². The summed E-state index contributed by atoms with van der Waals surface area (Å²) in [7, 11) is 1.35. The molecular weight excluding hydrogens is 434 g/mol. The maximum Gasteiger partial charge on any atom is 0.343 e. The number of para-hydroxylation sites is 1. The number of fused-ring (bicyclic) bond motifs is 1. The Morgan fingerprint density at radius 2 is 1.67 bits per heavy atom. The molecule has 6 heteroatoms. The van der Waals surface area contributed by atoms with E-state index in [1.165, 1.54) is 18.2 Å². The van der Waals surface area contributed by atoms with Crippen LogP contribution >= 0.6 is 11.8 Å². The fraction of sp³-hybridized carbons (Fsp3) is 0.296. The van der Waals surface area contributed by atoms with Crippen LogP contribution in [0.5, 0.6) is 11.5 Å². The molecule has 0 amide bonds. The van der Waals surface area contributed by atoms with Crippen molar-refractivity contribution in [3.8, 4) is 11.5 Å². The molecule has 0 N–H and O–H groups in total. The summed E-state index contributed by atoms with van der Waals surface area (Å²) in [6.07, 6.45) is 0. The summed E-state index contributed by atoms with van der Waals surface area (Å²) in [4.78, 5) is 13.8. The summed E-state index contributed by atoms with van der Waals surface area (Å²) in [5.41, 5.74) is 3.58. The van der Waals surface area contributed by atoms with E-state index in [1.807, 2.05) is 30.0 Å². The standard InChI is InChI=1S/C27H29NO4S/c1-27(21-10-5-3-6-11-21,22-12-7-4-8-13-22)33-19-17-28-16-18-31-26-23(28)14-9-15-24(26)32-20-25(29)30-2/h3-15H,16-20H2,1-2H3. The van der Waals surface area contributed by atoms with Crippen molar-refractivity contribution in [1.82, 2.24) is 0 Å². The molecule has 0 atom stereocenters. The lowest BCUT2D eigenvalue weighted by molar-refractivity contribution is -0.142. The van der Waals surface area contributed by atoms with Gasteiger partial charge in [-0.25, -0.2) is 4.79 Å². The molecule has 0 radical (unpaired) electrons. The predicted octanol–water partition coefficient (Wildman–Crippen LogP) is 5.13. The molecule has 0 spiro atoms. The zero-order valence-corrected chi connectivity index (χ0v) is 19.8. The summed E-state index contributed by atoms with van der Waals surface area (Å²) in [5, 5.41) is 0. The van der Waals surface area contributed by atoms with Gasteiger partial charge in [-0.05, 0) is 30.2 Å². The Balaban J connectivity index is 1.49. The van der Waals surface area contributed by atoms with E-state index < -0.39 is 5.97 Å². The fourth-order valence-corrected chi connectivity index (χ4v) is 5.35. The monoisotopic (exact) mass is 463 g/mol. The number of carbonyl (C=O) groups is 1. The summed E-state index contributed by atoms with van der Waals surface area (Å²) < 4.78 is 16.1. The summed E-state index contributed by atoms with van der Waals surface area (Å²) in [5.74, 6) is 1.77. The van der Waals surface area contributed by atoms with Crippen molar-refractivity contribution in [2.24, 2.45) is 0 Å². The topological polar surface area (TPSA) is 48.0 Å². The first-order valence-corrected chi connectivity index (χ1v) is 12.1. The number of esters is 1. The molecule has 3 aromatic rings. The minimum absolute atomic E-state index is 0.140. The predicted molar refractivity (Wildman–Crippen MR) is 133 cm³/mol. The minimum Gasteiger partial charge on any atom is -0.486 e. The molecule has 1 aliphatic heterocycles. The summed E-state index contributed by atoms with van der Waals surface area (Å²) in [6.45, 7) is 4.41. The third-order valence-electron chi connectivity index (χ3n) is 5.88. The first-order valence-electron chi connectivity index (χ1n) is 11.1. The molecular formula is C27H29NO4S. The van der Waals surface area contributed by atoms with Gasteiger partial charge in [0.25, 0.3) is 0 Å². The Morgan fingerprint density at radius 3 is 2.30 bits per heavy atom. The normalized spacial score (nSPS) is 13.1. The molecule has 5 nitrogen and oxygen atoms in total. The van der Waals surface area contributed by atoms with Crippen LogP contribution in [0.3, 0.4) is 0 Å². The van der Waals surface area contributed by atoms with Crippen molar-refractivity contribution in [3.05, 3.63) is 90.0 Å². The number of carbonyl (C=O) groups excluding carboxylic acids is 1. The Kier molecular flexibility index (Phi) is 7.45. The van der Waals surface area contributed by atoms with Gasteiger partial charge in [-0.3, -0.25) is 0 Å². The van der Waals surface area contributed by atoms with Crippen molar-refractivity contribution in [2.75, 3.05) is 44.1 Å². The molecule has 0 unspecified atom stereocenters. The van der Waals surface area contributed by atoms with Gasteiger partial charge in [-0.1, -0.05) is 66.7 Å². The molecule has 0 saturated carbocycles. The van der Waals surface area contributed by atoms with Gasteiger partial charge in [0, 0.05) is 12.3 Å². The van der Waals surface area contributed by atoms with Crippen LogP contribution in [-0.4, -0.2) is 45.1 Å². The lowest BCUT2D eigenvalue weighted by Gasteiger charge is -2.34. The van der Waals surface area contributed by atoms with E-state index in [4.69, 9.17) is 9.47 Å². The first kappa shape index (κ1) is 23.1. The lowest BCUT2D eigenvalue weighted by atomic mass is 9.92. The summed E-state index contributed by atoms with van der Waals surface area (Å²) in [6, 6.07) is 27.1. The zero-order valence-electron chi connectivity index (χ0n) is 19.0. The number of ether oxygens (including phenoxy) is 3. The van der Waals surface area contributed by atoms with Gasteiger partial charge in [-0.2, -0.15) is 0 Å². The van der Waals surface area contributed by atoms with Crippen molar-refractivity contribution in [3.63, 3.8) is 0 Å². The van der Waals surface area contributed by atoms with Crippen LogP contribution in [-0.2, 0) is 14.3 Å². The molecule has 0 bridgehead atoms. The van der Waals surface area contributed by atoms with Crippen LogP contribution in [0.2, 0.25) is 0 Å². The Bertz CT molecular complexity index is 1020. The second-order valence-electron chi connectivity index (χ2n) is 7.92. The molecule has 0 saturated heterocycles. The second kappa shape index (κ2) is 10.7. The van der Waals surface area contributed by atoms with Crippen molar-refractivity contribution in [1.29, 1.82) is 0 Å². The summed E-state index contributed by atoms with van der Waals surface area (Å²) >= 11 is 1.94. The average molecular weight is 464 g/mol. The third kappa shape index (κ3) is 5.28. The van der Waals surface area contributed by atoms with E-state index in [1.54, 1.807) is 0 Å². The Hall–Kier alpha value is -3.12. The smallest absolute Gasteiger partial charge is 0.343 e. The molecule has 172 valence electrons. The molecule has 0 aromatic heterocycles. The number of benzene rings is 3. The molecule has 33 heavy (non-hydrogen) atoms. The van der Waals surface area contributed by atoms with Crippen LogP contribution in [0.15, 0.2) is 78.9 Å². The maximum absolute atomic E-state index is 11.5. The number of hydrogen-bond donors (Lipinski definition) is 0. The molecule has 1 heterocycles. The quantitative estimate of drug-likeness (QED) is 0.410. The van der Waals surface area contributed by atoms with E-state index in [9.17, 15) is 4.79 Å². The Morgan fingerprint density at radius 1 is 1.00 bits per heavy atom. The van der Waals surface area contributed by atoms with E-state index in [0.29, 0.717) is 18.1 Å². The van der Waals surface area contributed by atoms with Crippen molar-refractivity contribution in [2.45, 2.75) is 11.7 Å². The molecule has 3 aromatic carbocycles. The van der Waals surface area contributed by atoms with E-state index >= 15 is 0 Å². The number of hydrogen-bond acceptors (Lipinski definition) is 6. The van der Waals surface area contributed by atoms with Gasteiger partial charge in [0.15, 0.2) is 18.1 Å². The highest BCUT2D eigenvalue weighted by Crippen LogP contribution is 2.44. The lowest BCUT2D eigenvalue weighted by Crippen LogP contribution is -2.35. The van der Waals surface area contributed by atoms with Gasteiger partial charge in [0.05, 0.1) is 24.1 Å². The molecule has 0 aliphatic carbocycles. The fourth-order valence-electron chi connectivity index (χ4n) is 4.02. The van der Waals surface area contributed by atoms with Crippen molar-refractivity contribution < 1.29 is 19.0 Å². The molecule has 4 rings (SSSR count). The minimum atomic E-state index is -0.419. The number of methoxy groups -OCH3 is 1. The zero-order chi connectivity index (χ0) is 23.1. The SMILES string of the molecule is COC(=O)COc1cccc2c1OCCN2CCSC(C)(c1ccccc1)c1ccccc1. The van der Waals surface area contributed by atoms with Crippen LogP contribution in [0.4, 0.5) is 5.69 Å². The largest absolute Gasteiger partial charge is 0.486 e. The first-order chi connectivity index (χ1) is 16.1. The number of anilines is 1. The van der Waals surface area contributed by atoms with Crippen molar-refractivity contribution >= 4 is 23.4 Å². The van der Waals surface area contributed by atoms with Gasteiger partial charge in [-0.15, -0.1) is 11.8 Å². The number of nitrogens with zero attached hydrogens (tertiary/aromatic N) is 1. The number of rotatable bonds is 9. The third-order valence-corrected chi connectivity index (χ3v) is 7.32. The van der Waals surface area contributed by atoms with Gasteiger partial charge >= 0.3 is 5.97 Å². The van der Waals surface area contributed by atoms with E-state index in [2.05, 4.69) is 77.2 Å². The number of thioether (sulfide) groups is 1. The van der Waals surface area contributed by atoms with Crippen LogP contribution in [0.1, 0.15) is 18.1 Å². The highest BCUT2D eigenvalue weighted by atomic mass is 32.2. The van der Waals surface area contributed by atoms with Gasteiger partial charge in [0.2, 0.25) is 0 Å². The highest BCUT2D eigenvalue weighted by Gasteiger charge is 2.30. The van der Waals surface area contributed by atoms with E-state index in [-0.39, 0.29) is 11.4 Å². The van der Waals surface area contributed by atoms with E-state index in [0.717, 1.165) is 24.5 Å². The maximum atomic E-state index is 11.5. The second-order valence-corrected chi connectivity index (χ2v) is 9.43. The Labute approximate surface area is 199 Å².